The lowest BCUT2D eigenvalue weighted by Gasteiger charge is -2.14. The van der Waals surface area contributed by atoms with Gasteiger partial charge >= 0.3 is 0 Å². The van der Waals surface area contributed by atoms with Crippen molar-refractivity contribution < 1.29 is 4.79 Å². The number of guanidine groups is 1. The van der Waals surface area contributed by atoms with Gasteiger partial charge in [0.25, 0.3) is 0 Å². The second kappa shape index (κ2) is 6.93. The standard InChI is InChI=1S/C15H22N4O/c1-12-5-7-13(8-6-12)18-15(16)17-9-3-11-19-10-2-4-14(19)20/h5-8H,2-4,9-11H2,1H3,(H3,16,17,18). The molecule has 0 radical (unpaired) electrons. The summed E-state index contributed by atoms with van der Waals surface area (Å²) in [4.78, 5) is 17.6. The van der Waals surface area contributed by atoms with Crippen molar-refractivity contribution in [3.63, 3.8) is 0 Å². The van der Waals surface area contributed by atoms with Crippen LogP contribution in [-0.2, 0) is 4.79 Å². The topological polar surface area (TPSA) is 70.7 Å². The van der Waals surface area contributed by atoms with E-state index >= 15 is 0 Å². The van der Waals surface area contributed by atoms with Crippen molar-refractivity contribution in [1.29, 1.82) is 0 Å². The number of benzene rings is 1. The Kier molecular flexibility index (Phi) is 4.98. The molecular weight excluding hydrogens is 252 g/mol. The van der Waals surface area contributed by atoms with Crippen molar-refractivity contribution in [1.82, 2.24) is 4.90 Å². The second-order valence-electron chi connectivity index (χ2n) is 5.10. The van der Waals surface area contributed by atoms with Gasteiger partial charge < -0.3 is 16.0 Å². The van der Waals surface area contributed by atoms with Crippen LogP contribution >= 0.6 is 0 Å². The summed E-state index contributed by atoms with van der Waals surface area (Å²) in [5.74, 6) is 0.682. The lowest BCUT2D eigenvalue weighted by molar-refractivity contribution is -0.127. The average Bonchev–Trinajstić information content (AvgIpc) is 2.83. The Balaban J connectivity index is 1.71. The first-order chi connectivity index (χ1) is 9.65. The van der Waals surface area contributed by atoms with E-state index in [-0.39, 0.29) is 5.91 Å². The Morgan fingerprint density at radius 3 is 2.80 bits per heavy atom. The summed E-state index contributed by atoms with van der Waals surface area (Å²) < 4.78 is 0. The van der Waals surface area contributed by atoms with Crippen LogP contribution in [-0.4, -0.2) is 36.4 Å². The number of hydrogen-bond donors (Lipinski definition) is 2. The number of hydrogen-bond acceptors (Lipinski definition) is 2. The lowest BCUT2D eigenvalue weighted by atomic mass is 10.2. The summed E-state index contributed by atoms with van der Waals surface area (Å²) in [5, 5.41) is 3.05. The maximum atomic E-state index is 11.4. The van der Waals surface area contributed by atoms with Crippen LogP contribution in [0.25, 0.3) is 0 Å². The lowest BCUT2D eigenvalue weighted by Crippen LogP contribution is -2.27. The van der Waals surface area contributed by atoms with E-state index in [1.807, 2.05) is 36.1 Å². The van der Waals surface area contributed by atoms with E-state index in [1.165, 1.54) is 5.56 Å². The molecule has 1 amide bonds. The van der Waals surface area contributed by atoms with Gasteiger partial charge in [-0.15, -0.1) is 0 Å². The predicted octanol–water partition coefficient (Wildman–Crippen LogP) is 1.73. The molecule has 1 aliphatic heterocycles. The van der Waals surface area contributed by atoms with Crippen LogP contribution in [0.4, 0.5) is 5.69 Å². The molecule has 0 aliphatic carbocycles. The molecule has 0 saturated carbocycles. The van der Waals surface area contributed by atoms with Gasteiger partial charge in [-0.25, -0.2) is 0 Å². The van der Waals surface area contributed by atoms with E-state index in [0.29, 0.717) is 18.9 Å². The summed E-state index contributed by atoms with van der Waals surface area (Å²) in [5.41, 5.74) is 7.97. The van der Waals surface area contributed by atoms with E-state index in [0.717, 1.165) is 31.6 Å². The number of carbonyl (C=O) groups excluding carboxylic acids is 1. The number of rotatable bonds is 5. The van der Waals surface area contributed by atoms with Gasteiger partial charge in [-0.3, -0.25) is 9.79 Å². The van der Waals surface area contributed by atoms with Crippen LogP contribution in [0.5, 0.6) is 0 Å². The zero-order chi connectivity index (χ0) is 14.4. The third-order valence-corrected chi connectivity index (χ3v) is 3.36. The Morgan fingerprint density at radius 1 is 1.40 bits per heavy atom. The fourth-order valence-corrected chi connectivity index (χ4v) is 2.23. The first kappa shape index (κ1) is 14.4. The van der Waals surface area contributed by atoms with Gasteiger partial charge in [0, 0.05) is 31.7 Å². The van der Waals surface area contributed by atoms with Crippen molar-refractivity contribution in [2.75, 3.05) is 25.0 Å². The zero-order valence-corrected chi connectivity index (χ0v) is 11.9. The highest BCUT2D eigenvalue weighted by atomic mass is 16.2. The highest BCUT2D eigenvalue weighted by Crippen LogP contribution is 2.10. The van der Waals surface area contributed by atoms with Crippen molar-refractivity contribution in [3.8, 4) is 0 Å². The maximum Gasteiger partial charge on any atom is 0.222 e. The first-order valence-electron chi connectivity index (χ1n) is 7.06. The molecule has 1 saturated heterocycles. The molecule has 1 aliphatic rings. The zero-order valence-electron chi connectivity index (χ0n) is 11.9. The van der Waals surface area contributed by atoms with Gasteiger partial charge in [-0.05, 0) is 31.9 Å². The van der Waals surface area contributed by atoms with Crippen molar-refractivity contribution >= 4 is 17.6 Å². The third-order valence-electron chi connectivity index (χ3n) is 3.36. The molecule has 0 atom stereocenters. The molecular formula is C15H22N4O. The molecule has 2 rings (SSSR count). The quantitative estimate of drug-likeness (QED) is 0.488. The molecule has 3 N–H and O–H groups in total. The van der Waals surface area contributed by atoms with Crippen molar-refractivity contribution in [2.24, 2.45) is 10.7 Å². The number of nitrogens with zero attached hydrogens (tertiary/aromatic N) is 2. The molecule has 1 aromatic rings. The summed E-state index contributed by atoms with van der Waals surface area (Å²) >= 11 is 0. The molecule has 5 heteroatoms. The van der Waals surface area contributed by atoms with Crippen LogP contribution in [0.1, 0.15) is 24.8 Å². The highest BCUT2D eigenvalue weighted by molar-refractivity contribution is 5.92. The first-order valence-corrected chi connectivity index (χ1v) is 7.06. The number of nitrogens with two attached hydrogens (primary N) is 1. The minimum Gasteiger partial charge on any atom is -0.370 e. The van der Waals surface area contributed by atoms with Gasteiger partial charge in [-0.2, -0.15) is 0 Å². The predicted molar refractivity (Wildman–Crippen MR) is 81.7 cm³/mol. The summed E-state index contributed by atoms with van der Waals surface area (Å²) in [7, 11) is 0. The third kappa shape index (κ3) is 4.26. The molecule has 5 nitrogen and oxygen atoms in total. The molecule has 0 spiro atoms. The van der Waals surface area contributed by atoms with Crippen LogP contribution in [0, 0.1) is 6.92 Å². The van der Waals surface area contributed by atoms with Gasteiger partial charge in [0.1, 0.15) is 0 Å². The number of carbonyl (C=O) groups is 1. The van der Waals surface area contributed by atoms with E-state index in [9.17, 15) is 4.79 Å². The van der Waals surface area contributed by atoms with E-state index in [4.69, 9.17) is 5.73 Å². The molecule has 0 aromatic heterocycles. The number of nitrogens with one attached hydrogen (secondary N) is 1. The van der Waals surface area contributed by atoms with Crippen LogP contribution < -0.4 is 11.1 Å². The molecule has 1 heterocycles. The number of amides is 1. The Bertz CT molecular complexity index is 481. The monoisotopic (exact) mass is 274 g/mol. The fraction of sp³-hybridized carbons (Fsp3) is 0.467. The Hall–Kier alpha value is -2.04. The molecule has 0 unspecified atom stereocenters. The average molecular weight is 274 g/mol. The maximum absolute atomic E-state index is 11.4. The molecule has 1 aromatic carbocycles. The van der Waals surface area contributed by atoms with Gasteiger partial charge in [-0.1, -0.05) is 17.7 Å². The Labute approximate surface area is 119 Å². The molecule has 108 valence electrons. The Morgan fingerprint density at radius 2 is 2.15 bits per heavy atom. The molecule has 1 fully saturated rings. The number of aliphatic imine (C=N–C) groups is 1. The summed E-state index contributed by atoms with van der Waals surface area (Å²) in [6.07, 6.45) is 2.53. The SMILES string of the molecule is Cc1ccc(NC(N)=NCCCN2CCCC2=O)cc1. The van der Waals surface area contributed by atoms with Crippen LogP contribution in [0.2, 0.25) is 0 Å². The number of aryl methyl sites for hydroxylation is 1. The van der Waals surface area contributed by atoms with Gasteiger partial charge in [0.15, 0.2) is 5.96 Å². The normalized spacial score (nSPS) is 15.8. The minimum atomic E-state index is 0.264. The largest absolute Gasteiger partial charge is 0.370 e. The van der Waals surface area contributed by atoms with Crippen LogP contribution in [0.15, 0.2) is 29.3 Å². The van der Waals surface area contributed by atoms with E-state index < -0.39 is 0 Å². The smallest absolute Gasteiger partial charge is 0.222 e. The van der Waals surface area contributed by atoms with Crippen molar-refractivity contribution in [2.45, 2.75) is 26.2 Å². The van der Waals surface area contributed by atoms with Crippen LogP contribution in [0.3, 0.4) is 0 Å². The number of likely N-dealkylation sites (tertiary alicyclic amines) is 1. The molecule has 20 heavy (non-hydrogen) atoms. The number of anilines is 1. The molecule has 0 bridgehead atoms. The second-order valence-corrected chi connectivity index (χ2v) is 5.10. The van der Waals surface area contributed by atoms with Gasteiger partial charge in [0.2, 0.25) is 5.91 Å². The van der Waals surface area contributed by atoms with Gasteiger partial charge in [0.05, 0.1) is 0 Å². The van der Waals surface area contributed by atoms with Crippen molar-refractivity contribution in [3.05, 3.63) is 29.8 Å². The van der Waals surface area contributed by atoms with E-state index in [2.05, 4.69) is 10.3 Å². The summed E-state index contributed by atoms with van der Waals surface area (Å²) in [6, 6.07) is 7.99. The fourth-order valence-electron chi connectivity index (χ4n) is 2.23. The van der Waals surface area contributed by atoms with E-state index in [1.54, 1.807) is 0 Å². The summed E-state index contributed by atoms with van der Waals surface area (Å²) in [6.45, 7) is 4.34. The minimum absolute atomic E-state index is 0.264. The highest BCUT2D eigenvalue weighted by Gasteiger charge is 2.18.